The Balaban J connectivity index is 2.84. The quantitative estimate of drug-likeness (QED) is 0.0438. The number of hydrogen-bond acceptors (Lipinski definition) is 15. The Morgan fingerprint density at radius 3 is 1.94 bits per heavy atom. The van der Waals surface area contributed by atoms with Gasteiger partial charge in [-0.05, 0) is 70.8 Å². The Morgan fingerprint density at radius 1 is 0.790 bits per heavy atom. The van der Waals surface area contributed by atoms with Gasteiger partial charge in [0.1, 0.15) is 54.4 Å². The minimum absolute atomic E-state index is 0.0149. The molecule has 1 aromatic rings. The molecule has 0 spiro atoms. The van der Waals surface area contributed by atoms with E-state index in [0.717, 1.165) is 4.90 Å². The number of halogens is 1. The highest BCUT2D eigenvalue weighted by molar-refractivity contribution is 6.20. The van der Waals surface area contributed by atoms with E-state index in [4.69, 9.17) is 22.1 Å². The molecule has 1 aromatic carbocycles. The van der Waals surface area contributed by atoms with Crippen molar-refractivity contribution in [2.45, 2.75) is 199 Å². The van der Waals surface area contributed by atoms with E-state index >= 15 is 0 Å². The number of aliphatic hydroxyl groups is 2. The largest absolute Gasteiger partial charge is 0.459 e. The van der Waals surface area contributed by atoms with E-state index in [2.05, 4.69) is 47.9 Å². The number of primary amides is 1. The van der Waals surface area contributed by atoms with Gasteiger partial charge in [-0.15, -0.1) is 11.6 Å². The molecular formula is C54H86ClN11O15. The number of esters is 1. The Bertz CT molecular complexity index is 2330. The Labute approximate surface area is 478 Å². The Kier molecular flexibility index (Phi) is 29.8. The van der Waals surface area contributed by atoms with E-state index in [1.807, 2.05) is 0 Å². The van der Waals surface area contributed by atoms with Crippen LogP contribution in [0.25, 0.3) is 0 Å². The summed E-state index contributed by atoms with van der Waals surface area (Å²) in [5, 5.41) is 44.2. The van der Waals surface area contributed by atoms with Gasteiger partial charge >= 0.3 is 5.97 Å². The molecule has 1 aliphatic rings. The third-order valence-corrected chi connectivity index (χ3v) is 13.9. The number of likely N-dealkylation sites (N-methyl/N-ethyl adjacent to an activating group) is 1. The predicted molar refractivity (Wildman–Crippen MR) is 296 cm³/mol. The maximum absolute atomic E-state index is 14.7. The van der Waals surface area contributed by atoms with Gasteiger partial charge in [0.05, 0.1) is 31.2 Å². The molecule has 0 bridgehead atoms. The maximum atomic E-state index is 14.7. The molecule has 454 valence electrons. The van der Waals surface area contributed by atoms with Gasteiger partial charge in [0.25, 0.3) is 0 Å². The van der Waals surface area contributed by atoms with Crippen LogP contribution in [0.4, 0.5) is 0 Å². The molecule has 11 amide bonds. The Morgan fingerprint density at radius 2 is 1.38 bits per heavy atom. The fourth-order valence-electron chi connectivity index (χ4n) is 8.70. The number of cyclic esters (lactones) is 1. The number of rotatable bonds is 18. The second-order valence-electron chi connectivity index (χ2n) is 21.5. The summed E-state index contributed by atoms with van der Waals surface area (Å²) < 4.78 is 5.81. The number of nitrogens with one attached hydrogen (secondary N) is 9. The molecule has 81 heavy (non-hydrogen) atoms. The molecule has 27 heteroatoms. The van der Waals surface area contributed by atoms with Crippen LogP contribution in [0, 0.1) is 17.8 Å². The molecule has 3 unspecified atom stereocenters. The van der Waals surface area contributed by atoms with Gasteiger partial charge in [-0.2, -0.15) is 0 Å². The van der Waals surface area contributed by atoms with Crippen molar-refractivity contribution in [1.29, 1.82) is 0 Å². The molecule has 13 N–H and O–H groups in total. The summed E-state index contributed by atoms with van der Waals surface area (Å²) >= 11 is 6.49. The van der Waals surface area contributed by atoms with Crippen LogP contribution >= 0.6 is 11.6 Å². The van der Waals surface area contributed by atoms with Gasteiger partial charge in [0, 0.05) is 31.2 Å². The van der Waals surface area contributed by atoms with Crippen molar-refractivity contribution in [2.75, 3.05) is 13.6 Å². The molecular weight excluding hydrogens is 1080 g/mol. The predicted octanol–water partition coefficient (Wildman–Crippen LogP) is -1.80. The maximum Gasteiger partial charge on any atom is 0.329 e. The molecule has 1 aliphatic heterocycles. The fourth-order valence-corrected chi connectivity index (χ4v) is 8.85. The summed E-state index contributed by atoms with van der Waals surface area (Å²) in [6.45, 7) is 14.9. The van der Waals surface area contributed by atoms with E-state index in [1.54, 1.807) is 71.9 Å². The van der Waals surface area contributed by atoms with Gasteiger partial charge in [-0.25, -0.2) is 4.79 Å². The zero-order valence-corrected chi connectivity index (χ0v) is 48.9. The van der Waals surface area contributed by atoms with Crippen molar-refractivity contribution in [3.05, 3.63) is 35.9 Å². The second-order valence-corrected chi connectivity index (χ2v) is 22.2. The number of nitrogens with two attached hydrogens (primary N) is 1. The first-order chi connectivity index (χ1) is 37.9. The third-order valence-electron chi connectivity index (χ3n) is 13.5. The second kappa shape index (κ2) is 34.4. The van der Waals surface area contributed by atoms with Gasteiger partial charge in [-0.1, -0.05) is 78.3 Å². The Hall–Kier alpha value is -6.93. The molecule has 1 fully saturated rings. The lowest BCUT2D eigenvalue weighted by atomic mass is 9.97. The summed E-state index contributed by atoms with van der Waals surface area (Å²) in [4.78, 5) is 165. The van der Waals surface area contributed by atoms with Crippen LogP contribution in [-0.2, 0) is 68.7 Å². The molecule has 0 aliphatic carbocycles. The average Bonchev–Trinajstić information content (AvgIpc) is 3.39. The highest BCUT2D eigenvalue weighted by atomic mass is 35.5. The number of aliphatic hydroxyl groups excluding tert-OH is 2. The van der Waals surface area contributed by atoms with Crippen LogP contribution in [0.1, 0.15) is 120 Å². The minimum Gasteiger partial charge on any atom is -0.459 e. The van der Waals surface area contributed by atoms with E-state index in [1.165, 1.54) is 34.7 Å². The number of carbonyl (C=O) groups is 12. The monoisotopic (exact) mass is 1160 g/mol. The number of amides is 11. The van der Waals surface area contributed by atoms with Gasteiger partial charge < -0.3 is 73.4 Å². The zero-order valence-electron chi connectivity index (χ0n) is 48.2. The third kappa shape index (κ3) is 23.6. The summed E-state index contributed by atoms with van der Waals surface area (Å²) in [7, 11) is 1.32. The van der Waals surface area contributed by atoms with Crippen molar-refractivity contribution in [2.24, 2.45) is 23.5 Å². The SMILES string of the molecule is CCC[C@H]1NC(=O)CNC(=O)C[C@H](O)[C@@H](NC(=O)[C@@H](CC(C)C)NC=O)[C@@H](C)OC(=O)C(C(C)C(C)Cl)NC(=O)[C@@H](C)NC(=O)[C@H](CC(C)C)N(C)C(=O)[C@H](Cc2ccccc2)NC(=O)[C@@H]([C@@H](C)O)NC(=O)[C@H](CCC(N)=O)NC1=O. The number of benzene rings is 1. The molecule has 1 saturated heterocycles. The van der Waals surface area contributed by atoms with Crippen molar-refractivity contribution in [3.8, 4) is 0 Å². The smallest absolute Gasteiger partial charge is 0.329 e. The van der Waals surface area contributed by atoms with Crippen molar-refractivity contribution in [1.82, 2.24) is 52.8 Å². The lowest BCUT2D eigenvalue weighted by Crippen LogP contribution is -2.62. The highest BCUT2D eigenvalue weighted by Crippen LogP contribution is 2.20. The number of alkyl halides is 1. The molecule has 1 heterocycles. The average molecular weight is 1160 g/mol. The highest BCUT2D eigenvalue weighted by Gasteiger charge is 2.41. The molecule has 2 rings (SSSR count). The summed E-state index contributed by atoms with van der Waals surface area (Å²) in [5.74, 6) is -11.5. The molecule has 14 atom stereocenters. The van der Waals surface area contributed by atoms with Gasteiger partial charge in [-0.3, -0.25) is 52.7 Å². The number of hydrogen-bond donors (Lipinski definition) is 12. The molecule has 0 radical (unpaired) electrons. The fraction of sp³-hybridized carbons (Fsp3) is 0.667. The van der Waals surface area contributed by atoms with Crippen molar-refractivity contribution >= 4 is 83.1 Å². The molecule has 0 saturated carbocycles. The van der Waals surface area contributed by atoms with Crippen LogP contribution in [0.5, 0.6) is 0 Å². The first-order valence-corrected chi connectivity index (χ1v) is 27.7. The summed E-state index contributed by atoms with van der Waals surface area (Å²) in [5.41, 5.74) is 5.97. The van der Waals surface area contributed by atoms with E-state index < -0.39 is 175 Å². The van der Waals surface area contributed by atoms with Crippen LogP contribution in [-0.4, -0.2) is 178 Å². The lowest BCUT2D eigenvalue weighted by molar-refractivity contribution is -0.158. The number of carbonyl (C=O) groups excluding carboxylic acids is 12. The summed E-state index contributed by atoms with van der Waals surface area (Å²) in [6.07, 6.45) is -6.09. The van der Waals surface area contributed by atoms with Gasteiger partial charge in [0.2, 0.25) is 65.5 Å². The molecule has 0 aromatic heterocycles. The van der Waals surface area contributed by atoms with E-state index in [9.17, 15) is 67.7 Å². The lowest BCUT2D eigenvalue weighted by Gasteiger charge is -2.34. The summed E-state index contributed by atoms with van der Waals surface area (Å²) in [6, 6.07) is -4.73. The zero-order chi connectivity index (χ0) is 61.4. The first kappa shape index (κ1) is 70.2. The number of nitrogens with zero attached hydrogens (tertiary/aromatic N) is 1. The van der Waals surface area contributed by atoms with Crippen LogP contribution in [0.15, 0.2) is 30.3 Å². The van der Waals surface area contributed by atoms with Crippen LogP contribution < -0.4 is 53.6 Å². The van der Waals surface area contributed by atoms with Crippen molar-refractivity contribution < 1.29 is 72.5 Å². The first-order valence-electron chi connectivity index (χ1n) is 27.3. The standard InChI is InChI=1S/C54H86ClN11O15/c1-12-16-35-48(74)61-36(19-20-41(56)70)49(75)64-45(32(9)68)52(78)62-38(23-34-17-14-13-15-18-34)53(79)66(11)39(22-28(4)5)51(77)59-31(8)47(73)63-44(29(6)30(7)55)54(80)81-33(10)46(40(69)24-42(71)57-25-43(72)60-35)65-50(76)37(58-26-67)21-27(2)3/h13-15,17-18,26-33,35-40,44-46,68-69H,12,16,19-25H2,1-11H3,(H2,56,70)(H,57,71)(H,58,67)(H,59,77)(H,60,72)(H,61,74)(H,62,78)(H,63,73)(H,64,75)(H,65,76)/t29?,30?,31-,32-,33-,35-,36+,37-,38+,39+,40+,44?,45-,46+/m1/s1. The number of ether oxygens (including phenoxy) is 1. The minimum atomic E-state index is -1.86. The van der Waals surface area contributed by atoms with Crippen molar-refractivity contribution in [3.63, 3.8) is 0 Å². The van der Waals surface area contributed by atoms with Crippen LogP contribution in [0.3, 0.4) is 0 Å². The van der Waals surface area contributed by atoms with Crippen LogP contribution in [0.2, 0.25) is 0 Å². The topological polar surface area (TPSA) is 392 Å². The molecule has 26 nitrogen and oxygen atoms in total. The van der Waals surface area contributed by atoms with E-state index in [-0.39, 0.29) is 37.5 Å². The van der Waals surface area contributed by atoms with E-state index in [0.29, 0.717) is 18.4 Å². The van der Waals surface area contributed by atoms with Gasteiger partial charge in [0.15, 0.2) is 0 Å². The normalized spacial score (nSPS) is 26.6.